The monoisotopic (exact) mass is 335 g/mol. The molecule has 1 aliphatic heterocycles. The van der Waals surface area contributed by atoms with Gasteiger partial charge in [0.15, 0.2) is 5.56 Å². The summed E-state index contributed by atoms with van der Waals surface area (Å²) in [4.78, 5) is 14.7. The number of carboxylic acids is 1. The number of likely N-dealkylation sites (tertiary alicyclic amines) is 1. The van der Waals surface area contributed by atoms with E-state index in [9.17, 15) is 4.79 Å². The summed E-state index contributed by atoms with van der Waals surface area (Å²) in [6.07, 6.45) is 5.85. The third-order valence-corrected chi connectivity index (χ3v) is 5.91. The number of nitrogens with zero attached hydrogens (tertiary/aromatic N) is 1. The van der Waals surface area contributed by atoms with E-state index in [4.69, 9.17) is 9.84 Å². The number of rotatable bonds is 6. The molecular weight excluding hydrogens is 310 g/mol. The summed E-state index contributed by atoms with van der Waals surface area (Å²) in [7, 11) is 0. The van der Waals surface area contributed by atoms with Crippen molar-refractivity contribution in [1.82, 2.24) is 4.90 Å². The lowest BCUT2D eigenvalue weighted by molar-refractivity contribution is -0.144. The van der Waals surface area contributed by atoms with E-state index in [1.165, 1.54) is 17.7 Å². The van der Waals surface area contributed by atoms with Gasteiger partial charge in [0, 0.05) is 18.0 Å². The lowest BCUT2D eigenvalue weighted by atomic mass is 9.87. The van der Waals surface area contributed by atoms with E-state index in [1.807, 2.05) is 6.07 Å². The van der Waals surface area contributed by atoms with Crippen LogP contribution in [0.5, 0.6) is 0 Å². The third kappa shape index (κ3) is 4.72. The maximum Gasteiger partial charge on any atom is 0.306 e. The molecule has 2 fully saturated rings. The van der Waals surface area contributed by atoms with E-state index in [0.29, 0.717) is 0 Å². The van der Waals surface area contributed by atoms with Crippen molar-refractivity contribution in [2.24, 2.45) is 5.92 Å². The highest BCUT2D eigenvalue weighted by Gasteiger charge is 2.31. The normalized spacial score (nSPS) is 27.0. The summed E-state index contributed by atoms with van der Waals surface area (Å²) in [5, 5.41) is 9.12. The van der Waals surface area contributed by atoms with Crippen LogP contribution in [0.2, 0.25) is 0 Å². The average Bonchev–Trinajstić information content (AvgIpc) is 3.10. The number of hydrogen-bond acceptors (Lipinski definition) is 4. The second kappa shape index (κ2) is 8.18. The van der Waals surface area contributed by atoms with Crippen LogP contribution in [0.1, 0.15) is 38.5 Å². The highest BCUT2D eigenvalue weighted by atomic mass is 32.2. The van der Waals surface area contributed by atoms with Crippen LogP contribution in [0, 0.1) is 5.92 Å². The van der Waals surface area contributed by atoms with E-state index in [0.717, 1.165) is 38.8 Å². The van der Waals surface area contributed by atoms with E-state index in [1.54, 1.807) is 11.8 Å². The molecule has 4 nitrogen and oxygen atoms in total. The molecule has 23 heavy (non-hydrogen) atoms. The van der Waals surface area contributed by atoms with Crippen LogP contribution in [0.3, 0.4) is 0 Å². The first-order chi connectivity index (χ1) is 11.2. The van der Waals surface area contributed by atoms with Crippen LogP contribution >= 0.6 is 11.8 Å². The molecule has 126 valence electrons. The first-order valence-electron chi connectivity index (χ1n) is 8.56. The average molecular weight is 335 g/mol. The van der Waals surface area contributed by atoms with Crippen molar-refractivity contribution < 1.29 is 14.6 Å². The van der Waals surface area contributed by atoms with Crippen LogP contribution < -0.4 is 0 Å². The van der Waals surface area contributed by atoms with Gasteiger partial charge in [-0.05, 0) is 50.7 Å². The Balaban J connectivity index is 1.59. The summed E-state index contributed by atoms with van der Waals surface area (Å²) in [6, 6.07) is 10.4. The van der Waals surface area contributed by atoms with Gasteiger partial charge in [-0.1, -0.05) is 30.0 Å². The molecule has 1 unspecified atom stereocenters. The van der Waals surface area contributed by atoms with Crippen molar-refractivity contribution in [3.63, 3.8) is 0 Å². The van der Waals surface area contributed by atoms with E-state index < -0.39 is 5.97 Å². The Hall–Kier alpha value is -1.04. The summed E-state index contributed by atoms with van der Waals surface area (Å²) in [6.45, 7) is 2.18. The molecule has 2 aliphatic rings. The predicted octanol–water partition coefficient (Wildman–Crippen LogP) is 3.82. The number of ether oxygens (including phenoxy) is 1. The van der Waals surface area contributed by atoms with Gasteiger partial charge in [-0.2, -0.15) is 0 Å². The van der Waals surface area contributed by atoms with Gasteiger partial charge in [-0.15, -0.1) is 0 Å². The first-order valence-corrected chi connectivity index (χ1v) is 9.44. The molecule has 1 aliphatic carbocycles. The van der Waals surface area contributed by atoms with E-state index in [2.05, 4.69) is 29.2 Å². The number of hydrogen-bond donors (Lipinski definition) is 1. The molecule has 3 rings (SSSR count). The molecule has 1 saturated heterocycles. The summed E-state index contributed by atoms with van der Waals surface area (Å²) in [5.41, 5.74) is 0.0475. The van der Waals surface area contributed by atoms with Crippen LogP contribution in [-0.4, -0.2) is 40.7 Å². The summed E-state index contributed by atoms with van der Waals surface area (Å²) < 4.78 is 6.40. The van der Waals surface area contributed by atoms with Gasteiger partial charge < -0.3 is 9.84 Å². The molecule has 5 heteroatoms. The minimum atomic E-state index is -0.654. The Kier molecular flexibility index (Phi) is 5.97. The molecule has 1 aromatic rings. The molecule has 1 heterocycles. The maximum atomic E-state index is 11.1. The predicted molar refractivity (Wildman–Crippen MR) is 91.4 cm³/mol. The molecule has 1 N–H and O–H groups in total. The second-order valence-electron chi connectivity index (χ2n) is 6.43. The molecule has 0 bridgehead atoms. The quantitative estimate of drug-likeness (QED) is 0.633. The van der Waals surface area contributed by atoms with Gasteiger partial charge >= 0.3 is 5.97 Å². The molecule has 0 amide bonds. The molecule has 1 atom stereocenters. The zero-order chi connectivity index (χ0) is 16.1. The second-order valence-corrected chi connectivity index (χ2v) is 7.54. The Labute approximate surface area is 142 Å². The highest BCUT2D eigenvalue weighted by Crippen LogP contribution is 2.33. The van der Waals surface area contributed by atoms with Gasteiger partial charge in [0.2, 0.25) is 0 Å². The van der Waals surface area contributed by atoms with Crippen molar-refractivity contribution in [2.45, 2.75) is 55.1 Å². The SMILES string of the molecule is O=C(O)C1CCC(OC(Sc2ccccc2)N2CCCC2)CC1. The molecule has 0 radical (unpaired) electrons. The van der Waals surface area contributed by atoms with E-state index >= 15 is 0 Å². The lowest BCUT2D eigenvalue weighted by Crippen LogP contribution is -2.37. The Morgan fingerprint density at radius 3 is 2.39 bits per heavy atom. The summed E-state index contributed by atoms with van der Waals surface area (Å²) in [5.74, 6) is -0.833. The number of aliphatic carboxylic acids is 1. The van der Waals surface area contributed by atoms with Crippen molar-refractivity contribution >= 4 is 17.7 Å². The minimum absolute atomic E-state index is 0.0475. The van der Waals surface area contributed by atoms with Crippen LogP contribution in [0.25, 0.3) is 0 Å². The number of thioether (sulfide) groups is 1. The highest BCUT2D eigenvalue weighted by molar-refractivity contribution is 7.99. The number of carboxylic acid groups (broad SMARTS) is 1. The van der Waals surface area contributed by atoms with Crippen LogP contribution in [0.4, 0.5) is 0 Å². The van der Waals surface area contributed by atoms with Crippen molar-refractivity contribution in [3.05, 3.63) is 30.3 Å². The molecule has 0 aromatic heterocycles. The zero-order valence-electron chi connectivity index (χ0n) is 13.4. The molecule has 1 aromatic carbocycles. The largest absolute Gasteiger partial charge is 0.481 e. The van der Waals surface area contributed by atoms with Gasteiger partial charge in [0.1, 0.15) is 0 Å². The topological polar surface area (TPSA) is 49.8 Å². The first kappa shape index (κ1) is 16.8. The van der Waals surface area contributed by atoms with Gasteiger partial charge in [-0.25, -0.2) is 0 Å². The van der Waals surface area contributed by atoms with Gasteiger partial charge in [0.05, 0.1) is 12.0 Å². The number of benzene rings is 1. The standard InChI is InChI=1S/C18H25NO3S/c20-17(21)14-8-10-15(11-9-14)22-18(19-12-4-5-13-19)23-16-6-2-1-3-7-16/h1-3,6-7,14-15,18H,4-5,8-13H2,(H,20,21). The van der Waals surface area contributed by atoms with Crippen LogP contribution in [0.15, 0.2) is 35.2 Å². The van der Waals surface area contributed by atoms with Crippen LogP contribution in [-0.2, 0) is 9.53 Å². The number of carbonyl (C=O) groups is 1. The molecule has 0 spiro atoms. The van der Waals surface area contributed by atoms with Gasteiger partial charge in [0.25, 0.3) is 0 Å². The van der Waals surface area contributed by atoms with Crippen molar-refractivity contribution in [2.75, 3.05) is 13.1 Å². The smallest absolute Gasteiger partial charge is 0.306 e. The summed E-state index contributed by atoms with van der Waals surface area (Å²) >= 11 is 1.77. The Morgan fingerprint density at radius 1 is 1.13 bits per heavy atom. The fourth-order valence-corrected chi connectivity index (χ4v) is 4.49. The lowest BCUT2D eigenvalue weighted by Gasteiger charge is -2.33. The van der Waals surface area contributed by atoms with Gasteiger partial charge in [-0.3, -0.25) is 9.69 Å². The molecular formula is C18H25NO3S. The third-order valence-electron chi connectivity index (χ3n) is 4.75. The van der Waals surface area contributed by atoms with Crippen molar-refractivity contribution in [1.29, 1.82) is 0 Å². The van der Waals surface area contributed by atoms with Crippen molar-refractivity contribution in [3.8, 4) is 0 Å². The Morgan fingerprint density at radius 2 is 1.78 bits per heavy atom. The zero-order valence-corrected chi connectivity index (χ0v) is 14.2. The fourth-order valence-electron chi connectivity index (χ4n) is 3.37. The maximum absolute atomic E-state index is 11.1. The van der Waals surface area contributed by atoms with E-state index in [-0.39, 0.29) is 17.6 Å². The fraction of sp³-hybridized carbons (Fsp3) is 0.611. The molecule has 1 saturated carbocycles. The minimum Gasteiger partial charge on any atom is -0.481 e. The Bertz CT molecular complexity index is 496.